The molecule has 1 aromatic heterocycles. The van der Waals surface area contributed by atoms with E-state index in [9.17, 15) is 0 Å². The fourth-order valence-electron chi connectivity index (χ4n) is 1.43. The largest absolute Gasteiger partial charge is 0.487 e. The van der Waals surface area contributed by atoms with E-state index in [1.807, 2.05) is 6.07 Å². The summed E-state index contributed by atoms with van der Waals surface area (Å²) in [5, 5.41) is 10.4. The molecule has 0 atom stereocenters. The van der Waals surface area contributed by atoms with Crippen molar-refractivity contribution < 1.29 is 9.84 Å². The molecule has 5 heteroatoms. The SMILES string of the molecule is OCCOc1c(Cl)cc(Cl)c2cccnc12. The maximum Gasteiger partial charge on any atom is 0.164 e. The zero-order chi connectivity index (χ0) is 11.5. The standard InChI is InChI=1S/C11H9Cl2NO2/c12-8-6-9(13)11(16-5-4-15)10-7(8)2-1-3-14-10/h1-3,6,15H,4-5H2. The van der Waals surface area contributed by atoms with E-state index < -0.39 is 0 Å². The van der Waals surface area contributed by atoms with Gasteiger partial charge in [0, 0.05) is 11.6 Å². The summed E-state index contributed by atoms with van der Waals surface area (Å²) in [6, 6.07) is 5.24. The van der Waals surface area contributed by atoms with E-state index in [0.717, 1.165) is 5.39 Å². The smallest absolute Gasteiger partial charge is 0.164 e. The van der Waals surface area contributed by atoms with Crippen molar-refractivity contribution in [2.24, 2.45) is 0 Å². The molecule has 0 aliphatic carbocycles. The highest BCUT2D eigenvalue weighted by atomic mass is 35.5. The Bertz CT molecular complexity index is 517. The van der Waals surface area contributed by atoms with Gasteiger partial charge >= 0.3 is 0 Å². The summed E-state index contributed by atoms with van der Waals surface area (Å²) in [6.45, 7) is 0.0975. The quantitative estimate of drug-likeness (QED) is 0.920. The summed E-state index contributed by atoms with van der Waals surface area (Å²) in [5.41, 5.74) is 0.605. The predicted octanol–water partition coefficient (Wildman–Crippen LogP) is 2.91. The molecule has 0 aliphatic rings. The Morgan fingerprint density at radius 1 is 1.31 bits per heavy atom. The van der Waals surface area contributed by atoms with E-state index in [2.05, 4.69) is 4.98 Å². The number of pyridine rings is 1. The second-order valence-electron chi connectivity index (χ2n) is 3.14. The first kappa shape index (κ1) is 11.5. The third-order valence-electron chi connectivity index (χ3n) is 2.09. The van der Waals surface area contributed by atoms with Crippen LogP contribution in [0.25, 0.3) is 10.9 Å². The molecule has 2 rings (SSSR count). The second-order valence-corrected chi connectivity index (χ2v) is 3.96. The van der Waals surface area contributed by atoms with E-state index in [0.29, 0.717) is 21.3 Å². The van der Waals surface area contributed by atoms with Gasteiger partial charge in [0.25, 0.3) is 0 Å². The highest BCUT2D eigenvalue weighted by molar-refractivity contribution is 6.39. The van der Waals surface area contributed by atoms with Crippen LogP contribution in [0.4, 0.5) is 0 Å². The third kappa shape index (κ3) is 2.07. The van der Waals surface area contributed by atoms with E-state index in [1.165, 1.54) is 0 Å². The second kappa shape index (κ2) is 4.87. The highest BCUT2D eigenvalue weighted by Gasteiger charge is 2.11. The number of nitrogens with zero attached hydrogens (tertiary/aromatic N) is 1. The Kier molecular flexibility index (Phi) is 3.49. The van der Waals surface area contributed by atoms with Gasteiger partial charge in [-0.2, -0.15) is 0 Å². The minimum atomic E-state index is -0.0761. The number of aliphatic hydroxyl groups excluding tert-OH is 1. The van der Waals surface area contributed by atoms with E-state index in [-0.39, 0.29) is 13.2 Å². The minimum Gasteiger partial charge on any atom is -0.487 e. The molecule has 16 heavy (non-hydrogen) atoms. The van der Waals surface area contributed by atoms with Crippen molar-refractivity contribution >= 4 is 34.1 Å². The fourth-order valence-corrected chi connectivity index (χ4v) is 2.00. The van der Waals surface area contributed by atoms with Crippen LogP contribution in [-0.2, 0) is 0 Å². The lowest BCUT2D eigenvalue weighted by Crippen LogP contribution is -2.03. The van der Waals surface area contributed by atoms with Gasteiger partial charge < -0.3 is 9.84 Å². The predicted molar refractivity (Wildman–Crippen MR) is 64.3 cm³/mol. The number of aromatic nitrogens is 1. The van der Waals surface area contributed by atoms with Crippen LogP contribution in [0.15, 0.2) is 24.4 Å². The molecule has 1 heterocycles. The van der Waals surface area contributed by atoms with Crippen molar-refractivity contribution in [1.82, 2.24) is 4.98 Å². The van der Waals surface area contributed by atoms with Crippen molar-refractivity contribution in [3.63, 3.8) is 0 Å². The Labute approximate surface area is 103 Å². The first-order valence-electron chi connectivity index (χ1n) is 4.70. The molecule has 0 radical (unpaired) electrons. The molecule has 3 nitrogen and oxygen atoms in total. The summed E-state index contributed by atoms with van der Waals surface area (Å²) in [4.78, 5) is 4.18. The van der Waals surface area contributed by atoms with Crippen LogP contribution in [0, 0.1) is 0 Å². The molecule has 0 fully saturated rings. The van der Waals surface area contributed by atoms with Crippen LogP contribution >= 0.6 is 23.2 Å². The molecule has 0 spiro atoms. The van der Waals surface area contributed by atoms with Crippen LogP contribution in [-0.4, -0.2) is 23.3 Å². The van der Waals surface area contributed by atoms with E-state index in [1.54, 1.807) is 18.3 Å². The van der Waals surface area contributed by atoms with Crippen LogP contribution in [0.3, 0.4) is 0 Å². The number of ether oxygens (including phenoxy) is 1. The zero-order valence-electron chi connectivity index (χ0n) is 8.28. The monoisotopic (exact) mass is 257 g/mol. The molecular weight excluding hydrogens is 249 g/mol. The maximum atomic E-state index is 8.73. The fraction of sp³-hybridized carbons (Fsp3) is 0.182. The van der Waals surface area contributed by atoms with E-state index >= 15 is 0 Å². The first-order valence-corrected chi connectivity index (χ1v) is 5.46. The van der Waals surface area contributed by atoms with Crippen LogP contribution < -0.4 is 4.74 Å². The van der Waals surface area contributed by atoms with Crippen LogP contribution in [0.1, 0.15) is 0 Å². The molecule has 0 saturated heterocycles. The van der Waals surface area contributed by atoms with Crippen LogP contribution in [0.2, 0.25) is 10.0 Å². The number of aliphatic hydroxyl groups is 1. The lowest BCUT2D eigenvalue weighted by atomic mass is 10.2. The number of benzene rings is 1. The molecular formula is C11H9Cl2NO2. The molecule has 1 aromatic carbocycles. The van der Waals surface area contributed by atoms with E-state index in [4.69, 9.17) is 33.0 Å². The topological polar surface area (TPSA) is 42.4 Å². The lowest BCUT2D eigenvalue weighted by Gasteiger charge is -2.10. The lowest BCUT2D eigenvalue weighted by molar-refractivity contribution is 0.202. The van der Waals surface area contributed by atoms with Crippen molar-refractivity contribution in [3.8, 4) is 5.75 Å². The van der Waals surface area contributed by atoms with Crippen molar-refractivity contribution in [2.75, 3.05) is 13.2 Å². The minimum absolute atomic E-state index is 0.0761. The van der Waals surface area contributed by atoms with Gasteiger partial charge in [0.1, 0.15) is 12.1 Å². The number of halogens is 2. The van der Waals surface area contributed by atoms with Gasteiger partial charge in [-0.3, -0.25) is 4.98 Å². The molecule has 0 unspecified atom stereocenters. The molecule has 0 saturated carbocycles. The average molecular weight is 258 g/mol. The molecule has 1 N–H and O–H groups in total. The molecule has 0 amide bonds. The van der Waals surface area contributed by atoms with Gasteiger partial charge in [0.2, 0.25) is 0 Å². The van der Waals surface area contributed by atoms with Crippen molar-refractivity contribution in [3.05, 3.63) is 34.4 Å². The normalized spacial score (nSPS) is 10.7. The molecule has 2 aromatic rings. The highest BCUT2D eigenvalue weighted by Crippen LogP contribution is 2.36. The maximum absolute atomic E-state index is 8.73. The van der Waals surface area contributed by atoms with Gasteiger partial charge in [-0.05, 0) is 18.2 Å². The Morgan fingerprint density at radius 2 is 2.12 bits per heavy atom. The third-order valence-corrected chi connectivity index (χ3v) is 2.68. The summed E-state index contributed by atoms with van der Waals surface area (Å²) < 4.78 is 5.35. The van der Waals surface area contributed by atoms with Gasteiger partial charge in [-0.25, -0.2) is 0 Å². The van der Waals surface area contributed by atoms with Crippen molar-refractivity contribution in [2.45, 2.75) is 0 Å². The number of hydrogen-bond acceptors (Lipinski definition) is 3. The summed E-state index contributed by atoms with van der Waals surface area (Å²) in [6.07, 6.45) is 1.64. The van der Waals surface area contributed by atoms with Gasteiger partial charge in [0.05, 0.1) is 16.7 Å². The Hall–Kier alpha value is -1.03. The summed E-state index contributed by atoms with van der Waals surface area (Å²) >= 11 is 12.1. The molecule has 84 valence electrons. The molecule has 0 aliphatic heterocycles. The average Bonchev–Trinajstić information content (AvgIpc) is 2.29. The Balaban J connectivity index is 2.61. The Morgan fingerprint density at radius 3 is 2.88 bits per heavy atom. The first-order chi connectivity index (χ1) is 7.74. The number of fused-ring (bicyclic) bond motifs is 1. The molecule has 0 bridgehead atoms. The number of rotatable bonds is 3. The van der Waals surface area contributed by atoms with Gasteiger partial charge in [-0.15, -0.1) is 0 Å². The summed E-state index contributed by atoms with van der Waals surface area (Å²) in [5.74, 6) is 0.454. The van der Waals surface area contributed by atoms with Crippen molar-refractivity contribution in [1.29, 1.82) is 0 Å². The van der Waals surface area contributed by atoms with Gasteiger partial charge in [-0.1, -0.05) is 23.2 Å². The zero-order valence-corrected chi connectivity index (χ0v) is 9.79. The number of hydrogen-bond donors (Lipinski definition) is 1. The van der Waals surface area contributed by atoms with Crippen LogP contribution in [0.5, 0.6) is 5.75 Å². The van der Waals surface area contributed by atoms with Gasteiger partial charge in [0.15, 0.2) is 5.75 Å². The summed E-state index contributed by atoms with van der Waals surface area (Å²) in [7, 11) is 0.